The van der Waals surface area contributed by atoms with Gasteiger partial charge >= 0.3 is 0 Å². The van der Waals surface area contributed by atoms with Crippen LogP contribution in [0.4, 0.5) is 0 Å². The second kappa shape index (κ2) is 7.46. The Bertz CT molecular complexity index is 467. The lowest BCUT2D eigenvalue weighted by Gasteiger charge is -2.30. The van der Waals surface area contributed by atoms with Crippen molar-refractivity contribution in [2.75, 3.05) is 27.2 Å². The molecule has 21 heavy (non-hydrogen) atoms. The number of para-hydroxylation sites is 1. The van der Waals surface area contributed by atoms with Gasteiger partial charge in [-0.15, -0.1) is 0 Å². The van der Waals surface area contributed by atoms with Crippen molar-refractivity contribution in [3.63, 3.8) is 0 Å². The summed E-state index contributed by atoms with van der Waals surface area (Å²) in [5.41, 5.74) is 1.06. The first kappa shape index (κ1) is 15.8. The Kier molecular flexibility index (Phi) is 5.62. The Balaban J connectivity index is 2.20. The van der Waals surface area contributed by atoms with E-state index in [1.807, 2.05) is 25.1 Å². The summed E-state index contributed by atoms with van der Waals surface area (Å²) in [6.45, 7) is 4.16. The molecule has 116 valence electrons. The van der Waals surface area contributed by atoms with E-state index in [1.54, 1.807) is 7.11 Å². The number of carbonyl (C=O) groups is 1. The molecule has 0 spiro atoms. The summed E-state index contributed by atoms with van der Waals surface area (Å²) in [4.78, 5) is 13.1. The quantitative estimate of drug-likeness (QED) is 0.756. The molecule has 0 saturated carbocycles. The second-order valence-electron chi connectivity index (χ2n) is 5.80. The molecule has 1 atom stereocenters. The fourth-order valence-electron chi connectivity index (χ4n) is 2.75. The molecule has 0 N–H and O–H groups in total. The van der Waals surface area contributed by atoms with Crippen LogP contribution in [0.3, 0.4) is 0 Å². The zero-order valence-electron chi connectivity index (χ0n) is 13.2. The summed E-state index contributed by atoms with van der Waals surface area (Å²) >= 11 is 0. The number of benzene rings is 1. The summed E-state index contributed by atoms with van der Waals surface area (Å²) in [6.07, 6.45) is 3.73. The highest BCUT2D eigenvalue weighted by molar-refractivity contribution is 5.55. The summed E-state index contributed by atoms with van der Waals surface area (Å²) in [7, 11) is 3.79. The van der Waals surface area contributed by atoms with E-state index in [9.17, 15) is 4.79 Å². The summed E-state index contributed by atoms with van der Waals surface area (Å²) < 4.78 is 11.7. The van der Waals surface area contributed by atoms with Gasteiger partial charge in [0.05, 0.1) is 7.11 Å². The van der Waals surface area contributed by atoms with E-state index in [-0.39, 0.29) is 12.0 Å². The molecule has 0 amide bonds. The van der Waals surface area contributed by atoms with Crippen molar-refractivity contribution in [1.82, 2.24) is 4.90 Å². The van der Waals surface area contributed by atoms with Crippen LogP contribution in [0.5, 0.6) is 11.5 Å². The van der Waals surface area contributed by atoms with Gasteiger partial charge in [-0.05, 0) is 31.9 Å². The Morgan fingerprint density at radius 1 is 1.38 bits per heavy atom. The van der Waals surface area contributed by atoms with E-state index < -0.39 is 0 Å². The SMILES string of the molecule is COc1cccc(C(C)CC=O)c1OC1CCN(C)CC1. The molecule has 1 fully saturated rings. The molecule has 4 nitrogen and oxygen atoms in total. The van der Waals surface area contributed by atoms with Crippen LogP contribution < -0.4 is 9.47 Å². The van der Waals surface area contributed by atoms with Gasteiger partial charge < -0.3 is 19.2 Å². The molecule has 1 saturated heterocycles. The highest BCUT2D eigenvalue weighted by Crippen LogP contribution is 2.38. The van der Waals surface area contributed by atoms with E-state index in [0.717, 1.165) is 49.3 Å². The van der Waals surface area contributed by atoms with Gasteiger partial charge in [0.25, 0.3) is 0 Å². The lowest BCUT2D eigenvalue weighted by atomic mass is 9.96. The Morgan fingerprint density at radius 3 is 2.71 bits per heavy atom. The smallest absolute Gasteiger partial charge is 0.165 e. The molecule has 2 rings (SSSR count). The number of hydrogen-bond donors (Lipinski definition) is 0. The van der Waals surface area contributed by atoms with E-state index in [0.29, 0.717) is 6.42 Å². The first-order valence-corrected chi connectivity index (χ1v) is 7.61. The van der Waals surface area contributed by atoms with Gasteiger partial charge in [0.15, 0.2) is 11.5 Å². The molecule has 1 heterocycles. The lowest BCUT2D eigenvalue weighted by Crippen LogP contribution is -2.35. The standard InChI is InChI=1S/C17H25NO3/c1-13(9-12-19)15-5-4-6-16(20-3)17(15)21-14-7-10-18(2)11-8-14/h4-6,12-14H,7-11H2,1-3H3. The van der Waals surface area contributed by atoms with Crippen LogP contribution in [0.15, 0.2) is 18.2 Å². The van der Waals surface area contributed by atoms with Crippen LogP contribution in [-0.2, 0) is 4.79 Å². The topological polar surface area (TPSA) is 38.8 Å². The number of ether oxygens (including phenoxy) is 2. The van der Waals surface area contributed by atoms with E-state index in [4.69, 9.17) is 9.47 Å². The molecule has 1 unspecified atom stereocenters. The van der Waals surface area contributed by atoms with Crippen LogP contribution in [0.2, 0.25) is 0 Å². The van der Waals surface area contributed by atoms with Crippen molar-refractivity contribution < 1.29 is 14.3 Å². The Hall–Kier alpha value is -1.55. The highest BCUT2D eigenvalue weighted by Gasteiger charge is 2.22. The number of hydrogen-bond acceptors (Lipinski definition) is 4. The van der Waals surface area contributed by atoms with Gasteiger partial charge in [-0.1, -0.05) is 19.1 Å². The molecular formula is C17H25NO3. The third-order valence-electron chi connectivity index (χ3n) is 4.16. The fourth-order valence-corrected chi connectivity index (χ4v) is 2.75. The van der Waals surface area contributed by atoms with Crippen LogP contribution >= 0.6 is 0 Å². The van der Waals surface area contributed by atoms with Gasteiger partial charge in [0.2, 0.25) is 0 Å². The molecule has 1 aromatic carbocycles. The third kappa shape index (κ3) is 3.97. The Labute approximate surface area is 127 Å². The highest BCUT2D eigenvalue weighted by atomic mass is 16.5. The molecular weight excluding hydrogens is 266 g/mol. The average Bonchev–Trinajstić information content (AvgIpc) is 2.50. The van der Waals surface area contributed by atoms with Gasteiger partial charge in [-0.2, -0.15) is 0 Å². The molecule has 0 radical (unpaired) electrons. The summed E-state index contributed by atoms with van der Waals surface area (Å²) in [5.74, 6) is 1.70. The Morgan fingerprint density at radius 2 is 2.10 bits per heavy atom. The fraction of sp³-hybridized carbons (Fsp3) is 0.588. The zero-order chi connectivity index (χ0) is 15.2. The van der Waals surface area contributed by atoms with Crippen molar-refractivity contribution in [2.45, 2.75) is 38.2 Å². The third-order valence-corrected chi connectivity index (χ3v) is 4.16. The molecule has 0 aromatic heterocycles. The zero-order valence-corrected chi connectivity index (χ0v) is 13.2. The van der Waals surface area contributed by atoms with Crippen molar-refractivity contribution >= 4 is 6.29 Å². The predicted octanol–water partition coefficient (Wildman–Crippen LogP) is 2.86. The van der Waals surface area contributed by atoms with Crippen molar-refractivity contribution in [1.29, 1.82) is 0 Å². The summed E-state index contributed by atoms with van der Waals surface area (Å²) in [5, 5.41) is 0. The maximum absolute atomic E-state index is 10.8. The number of aldehydes is 1. The minimum atomic E-state index is 0.138. The minimum absolute atomic E-state index is 0.138. The van der Waals surface area contributed by atoms with Gasteiger partial charge in [-0.25, -0.2) is 0 Å². The van der Waals surface area contributed by atoms with E-state index >= 15 is 0 Å². The molecule has 0 aliphatic carbocycles. The monoisotopic (exact) mass is 291 g/mol. The van der Waals surface area contributed by atoms with Crippen molar-refractivity contribution in [3.05, 3.63) is 23.8 Å². The van der Waals surface area contributed by atoms with Crippen molar-refractivity contribution in [3.8, 4) is 11.5 Å². The molecule has 4 heteroatoms. The minimum Gasteiger partial charge on any atom is -0.493 e. The molecule has 1 aliphatic rings. The van der Waals surface area contributed by atoms with Crippen LogP contribution in [0, 0.1) is 0 Å². The number of piperidine rings is 1. The normalized spacial score (nSPS) is 18.2. The largest absolute Gasteiger partial charge is 0.493 e. The maximum Gasteiger partial charge on any atom is 0.165 e. The second-order valence-corrected chi connectivity index (χ2v) is 5.80. The molecule has 0 bridgehead atoms. The van der Waals surface area contributed by atoms with Crippen LogP contribution in [0.1, 0.15) is 37.7 Å². The van der Waals surface area contributed by atoms with E-state index in [2.05, 4.69) is 11.9 Å². The molecule has 1 aromatic rings. The maximum atomic E-state index is 10.8. The number of methoxy groups -OCH3 is 1. The number of carbonyl (C=O) groups excluding carboxylic acids is 1. The lowest BCUT2D eigenvalue weighted by molar-refractivity contribution is -0.108. The predicted molar refractivity (Wildman–Crippen MR) is 83.2 cm³/mol. The van der Waals surface area contributed by atoms with E-state index in [1.165, 1.54) is 0 Å². The van der Waals surface area contributed by atoms with Crippen LogP contribution in [0.25, 0.3) is 0 Å². The summed E-state index contributed by atoms with van der Waals surface area (Å²) in [6, 6.07) is 5.90. The number of rotatable bonds is 6. The first-order valence-electron chi connectivity index (χ1n) is 7.61. The number of likely N-dealkylation sites (tertiary alicyclic amines) is 1. The average molecular weight is 291 g/mol. The number of nitrogens with zero attached hydrogens (tertiary/aromatic N) is 1. The van der Waals surface area contributed by atoms with Gasteiger partial charge in [0.1, 0.15) is 12.4 Å². The van der Waals surface area contributed by atoms with Gasteiger partial charge in [-0.3, -0.25) is 0 Å². The van der Waals surface area contributed by atoms with Gasteiger partial charge in [0, 0.05) is 25.1 Å². The van der Waals surface area contributed by atoms with Crippen LogP contribution in [-0.4, -0.2) is 44.5 Å². The molecule has 1 aliphatic heterocycles. The van der Waals surface area contributed by atoms with Crippen molar-refractivity contribution in [2.24, 2.45) is 0 Å². The first-order chi connectivity index (χ1) is 10.2.